The molecule has 0 aliphatic carbocycles. The first-order valence-electron chi connectivity index (χ1n) is 5.53. The maximum atomic E-state index is 5.98. The summed E-state index contributed by atoms with van der Waals surface area (Å²) in [7, 11) is 0. The molecule has 0 aliphatic heterocycles. The summed E-state index contributed by atoms with van der Waals surface area (Å²) in [6.07, 6.45) is 1.75. The Kier molecular flexibility index (Phi) is 6.41. The van der Waals surface area contributed by atoms with Crippen LogP contribution in [0.3, 0.4) is 0 Å². The molecule has 94 valence electrons. The quantitative estimate of drug-likeness (QED) is 0.847. The Balaban J connectivity index is 2.72. The number of benzene rings is 1. The van der Waals surface area contributed by atoms with Crippen LogP contribution in [0.1, 0.15) is 19.4 Å². The lowest BCUT2D eigenvalue weighted by molar-refractivity contribution is 0.357. The third-order valence-electron chi connectivity index (χ3n) is 2.15. The molecule has 1 aromatic rings. The molecule has 1 rings (SSSR count). The van der Waals surface area contributed by atoms with Crippen LogP contribution in [0.15, 0.2) is 29.8 Å². The van der Waals surface area contributed by atoms with Gasteiger partial charge in [-0.3, -0.25) is 0 Å². The number of hydrogen-bond acceptors (Lipinski definition) is 2. The van der Waals surface area contributed by atoms with Crippen LogP contribution in [0, 0.1) is 0 Å². The largest absolute Gasteiger partial charge is 0.489 e. The van der Waals surface area contributed by atoms with Gasteiger partial charge in [-0.2, -0.15) is 0 Å². The molecule has 0 saturated heterocycles. The molecule has 0 bridgehead atoms. The fourth-order valence-corrected chi connectivity index (χ4v) is 1.58. The average Bonchev–Trinajstić information content (AvgIpc) is 2.29. The van der Waals surface area contributed by atoms with Crippen LogP contribution in [0.4, 0.5) is 0 Å². The van der Waals surface area contributed by atoms with Gasteiger partial charge in [-0.15, -0.1) is 0 Å². The second-order valence-electron chi connectivity index (χ2n) is 3.96. The second-order valence-corrected chi connectivity index (χ2v) is 4.65. The second kappa shape index (κ2) is 7.59. The van der Waals surface area contributed by atoms with Gasteiger partial charge >= 0.3 is 0 Å². The standard InChI is InChI=1S/C13H17Cl2NO/c1-10(2)16-9-11-8-12(15)4-5-13(11)17-7-3-6-14/h3-6,8,10,16H,7,9H2,1-2H3/b6-3+. The van der Waals surface area contributed by atoms with Gasteiger partial charge in [0.05, 0.1) is 0 Å². The fourth-order valence-electron chi connectivity index (χ4n) is 1.32. The highest BCUT2D eigenvalue weighted by molar-refractivity contribution is 6.30. The summed E-state index contributed by atoms with van der Waals surface area (Å²) in [6.45, 7) is 5.39. The molecule has 0 aromatic heterocycles. The van der Waals surface area contributed by atoms with E-state index in [1.54, 1.807) is 6.08 Å². The molecule has 0 radical (unpaired) electrons. The highest BCUT2D eigenvalue weighted by Crippen LogP contribution is 2.23. The topological polar surface area (TPSA) is 21.3 Å². The minimum atomic E-state index is 0.421. The van der Waals surface area contributed by atoms with Gasteiger partial charge in [0.25, 0.3) is 0 Å². The number of hydrogen-bond donors (Lipinski definition) is 1. The summed E-state index contributed by atoms with van der Waals surface area (Å²) >= 11 is 11.4. The predicted molar refractivity (Wildman–Crippen MR) is 73.9 cm³/mol. The van der Waals surface area contributed by atoms with Crippen LogP contribution in [-0.2, 0) is 6.54 Å². The Morgan fingerprint density at radius 3 is 2.82 bits per heavy atom. The van der Waals surface area contributed by atoms with E-state index in [9.17, 15) is 0 Å². The monoisotopic (exact) mass is 273 g/mol. The molecule has 4 heteroatoms. The molecule has 0 spiro atoms. The number of rotatable bonds is 6. The molecule has 0 aliphatic rings. The first-order valence-corrected chi connectivity index (χ1v) is 6.34. The Morgan fingerprint density at radius 1 is 1.41 bits per heavy atom. The molecular formula is C13H17Cl2NO. The van der Waals surface area contributed by atoms with Crippen LogP contribution in [0.5, 0.6) is 5.75 Å². The Labute approximate surface area is 113 Å². The first-order chi connectivity index (χ1) is 8.13. The van der Waals surface area contributed by atoms with Gasteiger partial charge in [0.2, 0.25) is 0 Å². The maximum absolute atomic E-state index is 5.98. The van der Waals surface area contributed by atoms with Gasteiger partial charge in [-0.25, -0.2) is 0 Å². The summed E-state index contributed by atoms with van der Waals surface area (Å²) in [6, 6.07) is 6.03. The van der Waals surface area contributed by atoms with Gasteiger partial charge in [-0.05, 0) is 24.3 Å². The molecular weight excluding hydrogens is 257 g/mol. The molecule has 0 saturated carbocycles. The minimum absolute atomic E-state index is 0.421. The van der Waals surface area contributed by atoms with Crippen molar-refractivity contribution in [2.75, 3.05) is 6.61 Å². The Morgan fingerprint density at radius 2 is 2.18 bits per heavy atom. The van der Waals surface area contributed by atoms with E-state index in [1.165, 1.54) is 5.54 Å². The van der Waals surface area contributed by atoms with Crippen LogP contribution in [0.2, 0.25) is 5.02 Å². The molecule has 1 N–H and O–H groups in total. The van der Waals surface area contributed by atoms with E-state index < -0.39 is 0 Å². The van der Waals surface area contributed by atoms with Crippen molar-refractivity contribution in [3.63, 3.8) is 0 Å². The van der Waals surface area contributed by atoms with Gasteiger partial charge in [0, 0.05) is 28.7 Å². The lowest BCUT2D eigenvalue weighted by atomic mass is 10.2. The van der Waals surface area contributed by atoms with Crippen molar-refractivity contribution in [2.24, 2.45) is 0 Å². The van der Waals surface area contributed by atoms with Crippen LogP contribution in [-0.4, -0.2) is 12.6 Å². The Hall–Kier alpha value is -0.700. The van der Waals surface area contributed by atoms with Crippen molar-refractivity contribution in [3.05, 3.63) is 40.4 Å². The number of nitrogens with one attached hydrogen (secondary N) is 1. The zero-order valence-corrected chi connectivity index (χ0v) is 11.6. The van der Waals surface area contributed by atoms with Crippen LogP contribution >= 0.6 is 23.2 Å². The maximum Gasteiger partial charge on any atom is 0.124 e. The number of ether oxygens (including phenoxy) is 1. The van der Waals surface area contributed by atoms with Crippen LogP contribution in [0.25, 0.3) is 0 Å². The highest BCUT2D eigenvalue weighted by Gasteiger charge is 2.05. The normalized spacial score (nSPS) is 11.4. The lowest BCUT2D eigenvalue weighted by Crippen LogP contribution is -2.22. The SMILES string of the molecule is CC(C)NCc1cc(Cl)ccc1OC/C=C/Cl. The molecule has 0 heterocycles. The van der Waals surface area contributed by atoms with E-state index in [1.807, 2.05) is 18.2 Å². The zero-order valence-electron chi connectivity index (χ0n) is 10.0. The molecule has 0 fully saturated rings. The van der Waals surface area contributed by atoms with Crippen molar-refractivity contribution < 1.29 is 4.74 Å². The molecule has 17 heavy (non-hydrogen) atoms. The first kappa shape index (κ1) is 14.4. The van der Waals surface area contributed by atoms with Crippen molar-refractivity contribution in [2.45, 2.75) is 26.4 Å². The van der Waals surface area contributed by atoms with E-state index >= 15 is 0 Å². The van der Waals surface area contributed by atoms with Gasteiger partial charge in [0.15, 0.2) is 0 Å². The van der Waals surface area contributed by atoms with E-state index in [0.29, 0.717) is 17.7 Å². The van der Waals surface area contributed by atoms with E-state index in [2.05, 4.69) is 19.2 Å². The lowest BCUT2D eigenvalue weighted by Gasteiger charge is -2.13. The molecule has 1 aromatic carbocycles. The average molecular weight is 274 g/mol. The van der Waals surface area contributed by atoms with Crippen molar-refractivity contribution in [3.8, 4) is 5.75 Å². The summed E-state index contributed by atoms with van der Waals surface area (Å²) in [5.41, 5.74) is 2.50. The van der Waals surface area contributed by atoms with Crippen molar-refractivity contribution in [1.29, 1.82) is 0 Å². The van der Waals surface area contributed by atoms with Gasteiger partial charge in [-0.1, -0.05) is 37.0 Å². The minimum Gasteiger partial charge on any atom is -0.489 e. The summed E-state index contributed by atoms with van der Waals surface area (Å²) in [5.74, 6) is 0.831. The summed E-state index contributed by atoms with van der Waals surface area (Å²) in [5, 5.41) is 4.05. The Bertz CT molecular complexity index is 378. The molecule has 0 unspecified atom stereocenters. The van der Waals surface area contributed by atoms with E-state index in [-0.39, 0.29) is 0 Å². The van der Waals surface area contributed by atoms with E-state index in [4.69, 9.17) is 27.9 Å². The van der Waals surface area contributed by atoms with E-state index in [0.717, 1.165) is 17.9 Å². The van der Waals surface area contributed by atoms with Crippen molar-refractivity contribution in [1.82, 2.24) is 5.32 Å². The molecule has 0 amide bonds. The third-order valence-corrected chi connectivity index (χ3v) is 2.56. The van der Waals surface area contributed by atoms with Gasteiger partial charge in [0.1, 0.15) is 12.4 Å². The molecule has 2 nitrogen and oxygen atoms in total. The van der Waals surface area contributed by atoms with Crippen LogP contribution < -0.4 is 10.1 Å². The van der Waals surface area contributed by atoms with Gasteiger partial charge < -0.3 is 10.1 Å². The predicted octanol–water partition coefficient (Wildman–Crippen LogP) is 3.97. The van der Waals surface area contributed by atoms with Crippen molar-refractivity contribution >= 4 is 23.2 Å². The smallest absolute Gasteiger partial charge is 0.124 e. The summed E-state index contributed by atoms with van der Waals surface area (Å²) < 4.78 is 5.59. The third kappa shape index (κ3) is 5.44. The molecule has 0 atom stereocenters. The highest BCUT2D eigenvalue weighted by atomic mass is 35.5. The fraction of sp³-hybridized carbons (Fsp3) is 0.385. The zero-order chi connectivity index (χ0) is 12.7. The number of halogens is 2. The summed E-state index contributed by atoms with van der Waals surface area (Å²) in [4.78, 5) is 0.